The van der Waals surface area contributed by atoms with Crippen molar-refractivity contribution >= 4 is 11.9 Å². The summed E-state index contributed by atoms with van der Waals surface area (Å²) in [5.74, 6) is -1.96. The lowest BCUT2D eigenvalue weighted by Gasteiger charge is -2.17. The zero-order valence-corrected chi connectivity index (χ0v) is 13.6. The van der Waals surface area contributed by atoms with Crippen LogP contribution >= 0.6 is 0 Å². The third-order valence-electron chi connectivity index (χ3n) is 3.81. The van der Waals surface area contributed by atoms with Gasteiger partial charge in [0.1, 0.15) is 11.9 Å². The number of aliphatic carboxylic acids is 1. The fraction of sp³-hybridized carbons (Fsp3) is 0.353. The first-order chi connectivity index (χ1) is 12.0. The third-order valence-corrected chi connectivity index (χ3v) is 3.81. The lowest BCUT2D eigenvalue weighted by Crippen LogP contribution is -2.49. The molecule has 0 fully saturated rings. The van der Waals surface area contributed by atoms with E-state index in [1.165, 1.54) is 18.5 Å². The van der Waals surface area contributed by atoms with Gasteiger partial charge in [0.25, 0.3) is 0 Å². The Kier molecular flexibility index (Phi) is 6.64. The van der Waals surface area contributed by atoms with Gasteiger partial charge in [-0.15, -0.1) is 0 Å². The number of aryl methyl sites for hydroxylation is 1. The van der Waals surface area contributed by atoms with Crippen LogP contribution in [0, 0.1) is 5.82 Å². The molecule has 5 N–H and O–H groups in total. The Hall–Kier alpha value is -2.74. The van der Waals surface area contributed by atoms with Gasteiger partial charge in [0.05, 0.1) is 18.1 Å². The first kappa shape index (κ1) is 18.6. The normalized spacial score (nSPS) is 13.2. The summed E-state index contributed by atoms with van der Waals surface area (Å²) in [5.41, 5.74) is 7.34. The van der Waals surface area contributed by atoms with Crippen LogP contribution in [0.5, 0.6) is 0 Å². The average Bonchev–Trinajstić information content (AvgIpc) is 3.08. The number of carboxylic acid groups (broad SMARTS) is 1. The number of nitrogens with one attached hydrogen (secondary N) is 2. The third kappa shape index (κ3) is 6.00. The van der Waals surface area contributed by atoms with Gasteiger partial charge in [-0.2, -0.15) is 0 Å². The van der Waals surface area contributed by atoms with E-state index in [-0.39, 0.29) is 18.7 Å². The summed E-state index contributed by atoms with van der Waals surface area (Å²) < 4.78 is 12.9. The van der Waals surface area contributed by atoms with E-state index in [1.807, 2.05) is 0 Å². The molecule has 1 unspecified atom stereocenters. The summed E-state index contributed by atoms with van der Waals surface area (Å²) in [4.78, 5) is 30.2. The molecule has 7 nitrogen and oxygen atoms in total. The SMILES string of the molecule is N[C@@H](Cc1c[nH]cn1)C(=O)NC(CCCc1ccc(F)cc1)C(=O)O. The van der Waals surface area contributed by atoms with Gasteiger partial charge in [0.15, 0.2) is 0 Å². The molecule has 0 bridgehead atoms. The Balaban J connectivity index is 1.81. The van der Waals surface area contributed by atoms with Gasteiger partial charge in [0, 0.05) is 12.6 Å². The Morgan fingerprint density at radius 1 is 1.32 bits per heavy atom. The van der Waals surface area contributed by atoms with E-state index >= 15 is 0 Å². The minimum atomic E-state index is -1.11. The largest absolute Gasteiger partial charge is 0.480 e. The highest BCUT2D eigenvalue weighted by Crippen LogP contribution is 2.09. The molecule has 25 heavy (non-hydrogen) atoms. The smallest absolute Gasteiger partial charge is 0.326 e. The maximum Gasteiger partial charge on any atom is 0.326 e. The predicted octanol–water partition coefficient (Wildman–Crippen LogP) is 1.01. The molecular formula is C17H21FN4O3. The van der Waals surface area contributed by atoms with Gasteiger partial charge in [-0.25, -0.2) is 14.2 Å². The van der Waals surface area contributed by atoms with Crippen molar-refractivity contribution in [3.05, 3.63) is 53.9 Å². The summed E-state index contributed by atoms with van der Waals surface area (Å²) in [7, 11) is 0. The summed E-state index contributed by atoms with van der Waals surface area (Å²) in [5, 5.41) is 11.7. The second kappa shape index (κ2) is 8.93. The van der Waals surface area contributed by atoms with Crippen molar-refractivity contribution in [2.45, 2.75) is 37.8 Å². The minimum Gasteiger partial charge on any atom is -0.480 e. The highest BCUT2D eigenvalue weighted by molar-refractivity contribution is 5.86. The van der Waals surface area contributed by atoms with E-state index in [1.54, 1.807) is 18.3 Å². The van der Waals surface area contributed by atoms with Crippen LogP contribution in [0.4, 0.5) is 4.39 Å². The van der Waals surface area contributed by atoms with Gasteiger partial charge in [-0.1, -0.05) is 12.1 Å². The number of nitrogens with zero attached hydrogens (tertiary/aromatic N) is 1. The molecule has 8 heteroatoms. The monoisotopic (exact) mass is 348 g/mol. The number of rotatable bonds is 9. The van der Waals surface area contributed by atoms with E-state index in [2.05, 4.69) is 15.3 Å². The molecular weight excluding hydrogens is 327 g/mol. The number of benzene rings is 1. The van der Waals surface area contributed by atoms with Gasteiger partial charge in [-0.3, -0.25) is 4.79 Å². The van der Waals surface area contributed by atoms with Crippen LogP contribution in [0.2, 0.25) is 0 Å². The second-order valence-electron chi connectivity index (χ2n) is 5.79. The quantitative estimate of drug-likeness (QED) is 0.539. The highest BCUT2D eigenvalue weighted by atomic mass is 19.1. The summed E-state index contributed by atoms with van der Waals surface area (Å²) in [6.07, 6.45) is 4.72. The number of halogens is 1. The number of hydrogen-bond acceptors (Lipinski definition) is 4. The molecule has 0 saturated heterocycles. The van der Waals surface area contributed by atoms with E-state index in [4.69, 9.17) is 5.73 Å². The van der Waals surface area contributed by atoms with Crippen molar-refractivity contribution in [3.63, 3.8) is 0 Å². The lowest BCUT2D eigenvalue weighted by atomic mass is 10.0. The average molecular weight is 348 g/mol. The minimum absolute atomic E-state index is 0.219. The molecule has 0 aliphatic heterocycles. The number of aromatic amines is 1. The number of nitrogens with two attached hydrogens (primary N) is 1. The van der Waals surface area contributed by atoms with Crippen LogP contribution in [0.3, 0.4) is 0 Å². The fourth-order valence-corrected chi connectivity index (χ4v) is 2.42. The van der Waals surface area contributed by atoms with Gasteiger partial charge in [-0.05, 0) is 37.0 Å². The maximum absolute atomic E-state index is 12.9. The Labute approximate surface area is 144 Å². The molecule has 1 aromatic heterocycles. The zero-order chi connectivity index (χ0) is 18.2. The topological polar surface area (TPSA) is 121 Å². The van der Waals surface area contributed by atoms with Crippen LogP contribution in [0.15, 0.2) is 36.8 Å². The number of carboxylic acids is 1. The number of amides is 1. The van der Waals surface area contributed by atoms with Crippen LogP contribution in [0.25, 0.3) is 0 Å². The number of hydrogen-bond donors (Lipinski definition) is 4. The molecule has 2 rings (SSSR count). The van der Waals surface area contributed by atoms with E-state index in [9.17, 15) is 19.1 Å². The number of carbonyl (C=O) groups is 2. The van der Waals surface area contributed by atoms with Crippen molar-refractivity contribution < 1.29 is 19.1 Å². The summed E-state index contributed by atoms with van der Waals surface area (Å²) in [6.45, 7) is 0. The molecule has 0 spiro atoms. The predicted molar refractivity (Wildman–Crippen MR) is 89.2 cm³/mol. The van der Waals surface area contributed by atoms with Crippen molar-refractivity contribution in [2.24, 2.45) is 5.73 Å². The van der Waals surface area contributed by atoms with Crippen molar-refractivity contribution in [1.82, 2.24) is 15.3 Å². The standard InChI is InChI=1S/C17H21FN4O3/c18-12-6-4-11(5-7-12)2-1-3-15(17(24)25)22-16(23)14(19)8-13-9-20-10-21-13/h4-7,9-10,14-15H,1-3,8,19H2,(H,20,21)(H,22,23)(H,24,25)/t14-,15?/m0/s1. The second-order valence-corrected chi connectivity index (χ2v) is 5.79. The lowest BCUT2D eigenvalue weighted by molar-refractivity contribution is -0.142. The molecule has 1 amide bonds. The van der Waals surface area contributed by atoms with Crippen LogP contribution < -0.4 is 11.1 Å². The fourth-order valence-electron chi connectivity index (χ4n) is 2.42. The van der Waals surface area contributed by atoms with Gasteiger partial charge >= 0.3 is 5.97 Å². The molecule has 0 saturated carbocycles. The van der Waals surface area contributed by atoms with Crippen molar-refractivity contribution in [2.75, 3.05) is 0 Å². The van der Waals surface area contributed by atoms with Crippen LogP contribution in [0.1, 0.15) is 24.1 Å². The van der Waals surface area contributed by atoms with Gasteiger partial charge < -0.3 is 21.1 Å². The molecule has 1 heterocycles. The highest BCUT2D eigenvalue weighted by Gasteiger charge is 2.23. The number of imidazole rings is 1. The molecule has 134 valence electrons. The first-order valence-corrected chi connectivity index (χ1v) is 7.96. The maximum atomic E-state index is 12.9. The van der Waals surface area contributed by atoms with E-state index < -0.39 is 24.0 Å². The molecule has 2 atom stereocenters. The van der Waals surface area contributed by atoms with Crippen LogP contribution in [-0.2, 0) is 22.4 Å². The van der Waals surface area contributed by atoms with Crippen LogP contribution in [-0.4, -0.2) is 39.0 Å². The van der Waals surface area contributed by atoms with Gasteiger partial charge in [0.2, 0.25) is 5.91 Å². The summed E-state index contributed by atoms with van der Waals surface area (Å²) >= 11 is 0. The van der Waals surface area contributed by atoms with E-state index in [0.29, 0.717) is 18.5 Å². The van der Waals surface area contributed by atoms with E-state index in [0.717, 1.165) is 5.56 Å². The summed E-state index contributed by atoms with van der Waals surface area (Å²) in [6, 6.07) is 4.15. The Morgan fingerprint density at radius 3 is 2.64 bits per heavy atom. The zero-order valence-electron chi connectivity index (χ0n) is 13.6. The number of H-pyrrole nitrogens is 1. The number of carbonyl (C=O) groups excluding carboxylic acids is 1. The Morgan fingerprint density at radius 2 is 2.04 bits per heavy atom. The van der Waals surface area contributed by atoms with Crippen molar-refractivity contribution in [1.29, 1.82) is 0 Å². The molecule has 2 aromatic rings. The molecule has 0 aliphatic rings. The first-order valence-electron chi connectivity index (χ1n) is 7.96. The number of aromatic nitrogens is 2. The molecule has 0 aliphatic carbocycles. The van der Waals surface area contributed by atoms with Crippen molar-refractivity contribution in [3.8, 4) is 0 Å². The Bertz CT molecular complexity index is 688. The molecule has 1 aromatic carbocycles. The molecule has 0 radical (unpaired) electrons.